The molecule has 1 aromatic carbocycles. The zero-order valence-corrected chi connectivity index (χ0v) is 9.36. The Morgan fingerprint density at radius 2 is 2.00 bits per heavy atom. The molecule has 0 saturated carbocycles. The third kappa shape index (κ3) is 3.43. The second-order valence-electron chi connectivity index (χ2n) is 3.12. The highest BCUT2D eigenvalue weighted by molar-refractivity contribution is 5.91. The Labute approximate surface area is 94.1 Å². The van der Waals surface area contributed by atoms with E-state index in [-0.39, 0.29) is 6.61 Å². The summed E-state index contributed by atoms with van der Waals surface area (Å²) in [4.78, 5) is 11.6. The lowest BCUT2D eigenvalue weighted by Gasteiger charge is -2.07. The summed E-state index contributed by atoms with van der Waals surface area (Å²) in [6.45, 7) is 0.581. The molecule has 0 radical (unpaired) electrons. The zero-order chi connectivity index (χ0) is 12.0. The SMILES string of the molecule is COCCOC(=O)c1cc(N)cc(OC)c1. The zero-order valence-electron chi connectivity index (χ0n) is 9.36. The van der Waals surface area contributed by atoms with Gasteiger partial charge in [-0.3, -0.25) is 0 Å². The molecule has 0 unspecified atom stereocenters. The number of hydrogen-bond donors (Lipinski definition) is 1. The van der Waals surface area contributed by atoms with Crippen LogP contribution in [-0.2, 0) is 9.47 Å². The predicted molar refractivity (Wildman–Crippen MR) is 59.6 cm³/mol. The highest BCUT2D eigenvalue weighted by Gasteiger charge is 2.09. The molecule has 2 N–H and O–H groups in total. The number of methoxy groups -OCH3 is 2. The molecule has 0 aliphatic carbocycles. The van der Waals surface area contributed by atoms with E-state index < -0.39 is 5.97 Å². The van der Waals surface area contributed by atoms with Crippen molar-refractivity contribution < 1.29 is 19.0 Å². The van der Waals surface area contributed by atoms with Crippen molar-refractivity contribution >= 4 is 11.7 Å². The normalized spacial score (nSPS) is 9.88. The summed E-state index contributed by atoms with van der Waals surface area (Å²) in [5, 5.41) is 0. The summed E-state index contributed by atoms with van der Waals surface area (Å²) in [5.74, 6) is 0.0846. The van der Waals surface area contributed by atoms with Crippen LogP contribution < -0.4 is 10.5 Å². The minimum Gasteiger partial charge on any atom is -0.497 e. The Bertz CT molecular complexity index is 365. The van der Waals surface area contributed by atoms with Crippen molar-refractivity contribution in [3.05, 3.63) is 23.8 Å². The summed E-state index contributed by atoms with van der Waals surface area (Å²) < 4.78 is 14.7. The molecule has 16 heavy (non-hydrogen) atoms. The van der Waals surface area contributed by atoms with Gasteiger partial charge in [0.1, 0.15) is 12.4 Å². The van der Waals surface area contributed by atoms with E-state index in [1.807, 2.05) is 0 Å². The number of nitrogen functional groups attached to an aromatic ring is 1. The smallest absolute Gasteiger partial charge is 0.338 e. The molecule has 88 valence electrons. The van der Waals surface area contributed by atoms with Gasteiger partial charge in [-0.2, -0.15) is 0 Å². The first-order chi connectivity index (χ1) is 7.67. The maximum Gasteiger partial charge on any atom is 0.338 e. The summed E-state index contributed by atoms with van der Waals surface area (Å²) in [7, 11) is 3.05. The molecule has 5 heteroatoms. The van der Waals surface area contributed by atoms with Gasteiger partial charge in [0.2, 0.25) is 0 Å². The van der Waals surface area contributed by atoms with E-state index in [1.165, 1.54) is 20.3 Å². The average Bonchev–Trinajstić information content (AvgIpc) is 2.28. The molecule has 0 bridgehead atoms. The van der Waals surface area contributed by atoms with Crippen LogP contribution in [0.1, 0.15) is 10.4 Å². The van der Waals surface area contributed by atoms with Gasteiger partial charge in [0.15, 0.2) is 0 Å². The first kappa shape index (κ1) is 12.3. The minimum absolute atomic E-state index is 0.215. The summed E-state index contributed by atoms with van der Waals surface area (Å²) in [6.07, 6.45) is 0. The lowest BCUT2D eigenvalue weighted by Crippen LogP contribution is -2.10. The quantitative estimate of drug-likeness (QED) is 0.461. The maximum absolute atomic E-state index is 11.6. The van der Waals surface area contributed by atoms with Crippen LogP contribution >= 0.6 is 0 Å². The molecule has 0 amide bonds. The van der Waals surface area contributed by atoms with E-state index in [4.69, 9.17) is 19.9 Å². The number of rotatable bonds is 5. The van der Waals surface area contributed by atoms with Crippen LogP contribution in [0.4, 0.5) is 5.69 Å². The third-order valence-electron chi connectivity index (χ3n) is 1.92. The van der Waals surface area contributed by atoms with Gasteiger partial charge in [0, 0.05) is 18.9 Å². The average molecular weight is 225 g/mol. The Balaban J connectivity index is 2.71. The fraction of sp³-hybridized carbons (Fsp3) is 0.364. The van der Waals surface area contributed by atoms with Gasteiger partial charge in [-0.15, -0.1) is 0 Å². The third-order valence-corrected chi connectivity index (χ3v) is 1.92. The molecule has 0 saturated heterocycles. The van der Waals surface area contributed by atoms with Gasteiger partial charge < -0.3 is 19.9 Å². The van der Waals surface area contributed by atoms with Crippen LogP contribution in [0, 0.1) is 0 Å². The topological polar surface area (TPSA) is 70.8 Å². The second kappa shape index (κ2) is 5.97. The largest absolute Gasteiger partial charge is 0.497 e. The van der Waals surface area contributed by atoms with Gasteiger partial charge in [-0.1, -0.05) is 0 Å². The number of carbonyl (C=O) groups excluding carboxylic acids is 1. The monoisotopic (exact) mass is 225 g/mol. The molecule has 0 aliphatic heterocycles. The second-order valence-corrected chi connectivity index (χ2v) is 3.12. The Morgan fingerprint density at radius 3 is 2.62 bits per heavy atom. The predicted octanol–water partition coefficient (Wildman–Crippen LogP) is 1.08. The molecule has 0 aliphatic rings. The Kier molecular flexibility index (Phi) is 4.60. The van der Waals surface area contributed by atoms with Gasteiger partial charge in [0.25, 0.3) is 0 Å². The van der Waals surface area contributed by atoms with Gasteiger partial charge in [-0.05, 0) is 12.1 Å². The number of benzene rings is 1. The van der Waals surface area contributed by atoms with Crippen molar-refractivity contribution in [2.24, 2.45) is 0 Å². The van der Waals surface area contributed by atoms with Crippen molar-refractivity contribution in [3.63, 3.8) is 0 Å². The fourth-order valence-electron chi connectivity index (χ4n) is 1.16. The van der Waals surface area contributed by atoms with Crippen LogP contribution in [0.2, 0.25) is 0 Å². The number of nitrogens with two attached hydrogens (primary N) is 1. The molecule has 1 rings (SSSR count). The van der Waals surface area contributed by atoms with Gasteiger partial charge in [0.05, 0.1) is 19.3 Å². The molecule has 0 fully saturated rings. The number of ether oxygens (including phenoxy) is 3. The fourth-order valence-corrected chi connectivity index (χ4v) is 1.16. The Morgan fingerprint density at radius 1 is 1.25 bits per heavy atom. The number of carbonyl (C=O) groups is 1. The van der Waals surface area contributed by atoms with E-state index in [9.17, 15) is 4.79 Å². The lowest BCUT2D eigenvalue weighted by atomic mass is 10.2. The van der Waals surface area contributed by atoms with E-state index in [2.05, 4.69) is 0 Å². The minimum atomic E-state index is -0.442. The molecule has 0 heterocycles. The van der Waals surface area contributed by atoms with Crippen LogP contribution in [0.15, 0.2) is 18.2 Å². The van der Waals surface area contributed by atoms with E-state index in [1.54, 1.807) is 12.1 Å². The lowest BCUT2D eigenvalue weighted by molar-refractivity contribution is 0.0388. The van der Waals surface area contributed by atoms with Crippen molar-refractivity contribution in [1.29, 1.82) is 0 Å². The van der Waals surface area contributed by atoms with E-state index in [0.29, 0.717) is 23.6 Å². The molecule has 0 atom stereocenters. The number of hydrogen-bond acceptors (Lipinski definition) is 5. The molecular weight excluding hydrogens is 210 g/mol. The van der Waals surface area contributed by atoms with E-state index in [0.717, 1.165) is 0 Å². The summed E-state index contributed by atoms with van der Waals surface area (Å²) in [6, 6.07) is 4.75. The number of esters is 1. The van der Waals surface area contributed by atoms with Crippen LogP contribution in [0.3, 0.4) is 0 Å². The molecular formula is C11H15NO4. The van der Waals surface area contributed by atoms with Crippen LogP contribution in [0.5, 0.6) is 5.75 Å². The summed E-state index contributed by atoms with van der Waals surface area (Å²) in [5.41, 5.74) is 6.44. The van der Waals surface area contributed by atoms with Gasteiger partial charge in [-0.25, -0.2) is 4.79 Å². The number of anilines is 1. The van der Waals surface area contributed by atoms with Crippen molar-refractivity contribution in [3.8, 4) is 5.75 Å². The molecule has 0 aromatic heterocycles. The summed E-state index contributed by atoms with van der Waals surface area (Å²) >= 11 is 0. The van der Waals surface area contributed by atoms with Gasteiger partial charge >= 0.3 is 5.97 Å². The first-order valence-corrected chi connectivity index (χ1v) is 4.78. The first-order valence-electron chi connectivity index (χ1n) is 4.78. The Hall–Kier alpha value is -1.75. The van der Waals surface area contributed by atoms with Crippen molar-refractivity contribution in [2.45, 2.75) is 0 Å². The maximum atomic E-state index is 11.6. The molecule has 1 aromatic rings. The molecule has 5 nitrogen and oxygen atoms in total. The van der Waals surface area contributed by atoms with Crippen LogP contribution in [0.25, 0.3) is 0 Å². The highest BCUT2D eigenvalue weighted by atomic mass is 16.6. The van der Waals surface area contributed by atoms with Crippen molar-refractivity contribution in [2.75, 3.05) is 33.2 Å². The highest BCUT2D eigenvalue weighted by Crippen LogP contribution is 2.18. The standard InChI is InChI=1S/C11H15NO4/c1-14-3-4-16-11(13)8-5-9(12)7-10(6-8)15-2/h5-7H,3-4,12H2,1-2H3. The van der Waals surface area contributed by atoms with E-state index >= 15 is 0 Å². The van der Waals surface area contributed by atoms with Crippen LogP contribution in [-0.4, -0.2) is 33.4 Å². The van der Waals surface area contributed by atoms with Crippen molar-refractivity contribution in [1.82, 2.24) is 0 Å². The molecule has 0 spiro atoms.